The van der Waals surface area contributed by atoms with Gasteiger partial charge in [-0.3, -0.25) is 0 Å². The maximum absolute atomic E-state index is 2.38. The molecule has 0 amide bonds. The second-order valence-corrected chi connectivity index (χ2v) is 16.3. The zero-order valence-electron chi connectivity index (χ0n) is 29.8. The topological polar surface area (TPSA) is 3.24 Å². The van der Waals surface area contributed by atoms with Gasteiger partial charge in [0.15, 0.2) is 0 Å². The number of benzene rings is 9. The Hall–Kier alpha value is -6.52. The fourth-order valence-electron chi connectivity index (χ4n) is 8.06. The number of rotatable bonds is 6. The zero-order valence-corrected chi connectivity index (χ0v) is 31.4. The van der Waals surface area contributed by atoms with Crippen LogP contribution in [-0.2, 0) is 0 Å². The minimum atomic E-state index is 1.11. The zero-order chi connectivity index (χ0) is 36.3. The molecule has 9 aromatic carbocycles. The van der Waals surface area contributed by atoms with E-state index in [4.69, 9.17) is 0 Å². The fourth-order valence-corrected chi connectivity index (χ4v) is 10.2. The fraction of sp³-hybridized carbons (Fsp3) is 0. The Morgan fingerprint density at radius 2 is 0.709 bits per heavy atom. The third-order valence-electron chi connectivity index (χ3n) is 10.9. The summed E-state index contributed by atoms with van der Waals surface area (Å²) in [6.45, 7) is 0. The molecule has 0 atom stereocenters. The third kappa shape index (κ3) is 5.68. The van der Waals surface area contributed by atoms with Gasteiger partial charge in [-0.05, 0) is 123 Å². The van der Waals surface area contributed by atoms with Crippen molar-refractivity contribution in [2.45, 2.75) is 0 Å². The second kappa shape index (κ2) is 13.1. The van der Waals surface area contributed by atoms with E-state index >= 15 is 0 Å². The maximum Gasteiger partial charge on any atom is 0.0467 e. The van der Waals surface area contributed by atoms with Gasteiger partial charge in [-0.15, -0.1) is 22.7 Å². The van der Waals surface area contributed by atoms with Gasteiger partial charge in [0.1, 0.15) is 0 Å². The van der Waals surface area contributed by atoms with Crippen LogP contribution in [0.15, 0.2) is 200 Å². The lowest BCUT2D eigenvalue weighted by molar-refractivity contribution is 1.28. The van der Waals surface area contributed by atoms with E-state index in [1.165, 1.54) is 84.5 Å². The molecule has 258 valence electrons. The van der Waals surface area contributed by atoms with Gasteiger partial charge in [-0.1, -0.05) is 121 Å². The molecule has 0 aliphatic rings. The summed E-state index contributed by atoms with van der Waals surface area (Å²) < 4.78 is 5.30. The predicted octanol–water partition coefficient (Wildman–Crippen LogP) is 16.0. The molecule has 0 aliphatic heterocycles. The van der Waals surface area contributed by atoms with Crippen molar-refractivity contribution in [2.24, 2.45) is 0 Å². The maximum atomic E-state index is 2.38. The van der Waals surface area contributed by atoms with Crippen molar-refractivity contribution in [3.05, 3.63) is 200 Å². The van der Waals surface area contributed by atoms with Gasteiger partial charge in [-0.2, -0.15) is 0 Å². The van der Waals surface area contributed by atoms with Gasteiger partial charge >= 0.3 is 0 Å². The molecular weight excluding hydrogens is 703 g/mol. The Bertz CT molecular complexity index is 3200. The average molecular weight is 736 g/mol. The number of hydrogen-bond acceptors (Lipinski definition) is 3. The number of nitrogens with zero attached hydrogens (tertiary/aromatic N) is 1. The van der Waals surface area contributed by atoms with E-state index in [1.807, 2.05) is 22.7 Å². The van der Waals surface area contributed by atoms with Gasteiger partial charge in [0.25, 0.3) is 0 Å². The van der Waals surface area contributed by atoms with Gasteiger partial charge in [0, 0.05) is 57.4 Å². The van der Waals surface area contributed by atoms with E-state index in [0.717, 1.165) is 17.1 Å². The molecule has 11 rings (SSSR count). The molecule has 1 nitrogen and oxygen atoms in total. The van der Waals surface area contributed by atoms with Crippen LogP contribution in [0.2, 0.25) is 0 Å². The quantitative estimate of drug-likeness (QED) is 0.164. The van der Waals surface area contributed by atoms with Crippen LogP contribution in [0.5, 0.6) is 0 Å². The molecule has 0 saturated heterocycles. The molecule has 3 heteroatoms. The highest BCUT2D eigenvalue weighted by atomic mass is 32.1. The smallest absolute Gasteiger partial charge is 0.0467 e. The van der Waals surface area contributed by atoms with Crippen molar-refractivity contribution in [3.63, 3.8) is 0 Å². The predicted molar refractivity (Wildman–Crippen MR) is 241 cm³/mol. The van der Waals surface area contributed by atoms with Crippen LogP contribution < -0.4 is 4.90 Å². The van der Waals surface area contributed by atoms with Crippen LogP contribution in [0.3, 0.4) is 0 Å². The van der Waals surface area contributed by atoms with Crippen LogP contribution in [-0.4, -0.2) is 0 Å². The lowest BCUT2D eigenvalue weighted by Gasteiger charge is -2.26. The largest absolute Gasteiger partial charge is 0.310 e. The molecule has 2 aromatic heterocycles. The molecule has 0 N–H and O–H groups in total. The van der Waals surface area contributed by atoms with E-state index in [9.17, 15) is 0 Å². The summed E-state index contributed by atoms with van der Waals surface area (Å²) in [6, 6.07) is 73.5. The molecule has 11 aromatic rings. The van der Waals surface area contributed by atoms with Crippen molar-refractivity contribution in [1.82, 2.24) is 0 Å². The van der Waals surface area contributed by atoms with Gasteiger partial charge < -0.3 is 4.90 Å². The normalized spacial score (nSPS) is 11.6. The first-order valence-corrected chi connectivity index (χ1v) is 20.3. The van der Waals surface area contributed by atoms with Crippen LogP contribution in [0, 0.1) is 0 Å². The summed E-state index contributed by atoms with van der Waals surface area (Å²) in [7, 11) is 0. The Balaban J connectivity index is 1.000. The third-order valence-corrected chi connectivity index (χ3v) is 13.2. The molecule has 0 saturated carbocycles. The highest BCUT2D eigenvalue weighted by Crippen LogP contribution is 2.41. The number of fused-ring (bicyclic) bond motifs is 7. The van der Waals surface area contributed by atoms with Crippen LogP contribution in [0.1, 0.15) is 0 Å². The van der Waals surface area contributed by atoms with Gasteiger partial charge in [0.05, 0.1) is 0 Å². The summed E-state index contributed by atoms with van der Waals surface area (Å²) in [5.74, 6) is 0. The number of hydrogen-bond donors (Lipinski definition) is 0. The van der Waals surface area contributed by atoms with Crippen molar-refractivity contribution < 1.29 is 0 Å². The molecule has 2 heterocycles. The standard InChI is InChI=1S/C52H33NS2/c1-2-9-37-30-39(17-16-34(37)8-1)35-18-24-42(25-19-35)53(43-26-20-36(21-27-43)40-22-28-51-47(32-40)45-12-3-5-14-49(45)54-51)44-11-7-10-38(31-44)41-23-29-52-48(33-41)46-13-4-6-15-50(46)55-52/h1-33H. The van der Waals surface area contributed by atoms with E-state index in [1.54, 1.807) is 0 Å². The first-order chi connectivity index (χ1) is 27.2. The Labute approximate surface area is 327 Å². The molecule has 0 radical (unpaired) electrons. The molecular formula is C52H33NS2. The Kier molecular flexibility index (Phi) is 7.61. The molecule has 0 bridgehead atoms. The lowest BCUT2D eigenvalue weighted by Crippen LogP contribution is -2.10. The first-order valence-electron chi connectivity index (χ1n) is 18.6. The SMILES string of the molecule is c1cc(-c2ccc3sc4ccccc4c3c2)cc(N(c2ccc(-c3ccc4ccccc4c3)cc2)c2ccc(-c3ccc4sc5ccccc5c4c3)cc2)c1. The second-order valence-electron chi connectivity index (χ2n) is 14.2. The molecule has 0 spiro atoms. The lowest BCUT2D eigenvalue weighted by atomic mass is 10.00. The van der Waals surface area contributed by atoms with Gasteiger partial charge in [-0.25, -0.2) is 0 Å². The van der Waals surface area contributed by atoms with Crippen molar-refractivity contribution in [2.75, 3.05) is 4.90 Å². The summed E-state index contributed by atoms with van der Waals surface area (Å²) in [4.78, 5) is 2.38. The van der Waals surface area contributed by atoms with E-state index in [-0.39, 0.29) is 0 Å². The molecule has 0 unspecified atom stereocenters. The van der Waals surface area contributed by atoms with Gasteiger partial charge in [0.2, 0.25) is 0 Å². The van der Waals surface area contributed by atoms with Crippen molar-refractivity contribution in [3.8, 4) is 33.4 Å². The van der Waals surface area contributed by atoms with Crippen molar-refractivity contribution in [1.29, 1.82) is 0 Å². The summed E-state index contributed by atoms with van der Waals surface area (Å²) in [5.41, 5.74) is 10.6. The highest BCUT2D eigenvalue weighted by molar-refractivity contribution is 7.26. The number of anilines is 3. The van der Waals surface area contributed by atoms with E-state index in [2.05, 4.69) is 205 Å². The van der Waals surface area contributed by atoms with Crippen LogP contribution in [0.4, 0.5) is 17.1 Å². The average Bonchev–Trinajstić information content (AvgIpc) is 3.82. The Morgan fingerprint density at radius 3 is 1.33 bits per heavy atom. The van der Waals surface area contributed by atoms with Crippen LogP contribution in [0.25, 0.3) is 84.5 Å². The summed E-state index contributed by atoms with van der Waals surface area (Å²) >= 11 is 3.72. The van der Waals surface area contributed by atoms with E-state index < -0.39 is 0 Å². The monoisotopic (exact) mass is 735 g/mol. The number of thiophene rings is 2. The molecule has 55 heavy (non-hydrogen) atoms. The molecule has 0 aliphatic carbocycles. The highest BCUT2D eigenvalue weighted by Gasteiger charge is 2.16. The minimum absolute atomic E-state index is 1.11. The Morgan fingerprint density at radius 1 is 0.255 bits per heavy atom. The first kappa shape index (κ1) is 32.0. The van der Waals surface area contributed by atoms with E-state index in [0.29, 0.717) is 0 Å². The molecule has 0 fully saturated rings. The van der Waals surface area contributed by atoms with Crippen LogP contribution >= 0.6 is 22.7 Å². The summed E-state index contributed by atoms with van der Waals surface area (Å²) in [5, 5.41) is 7.79. The minimum Gasteiger partial charge on any atom is -0.310 e. The van der Waals surface area contributed by atoms with Crippen molar-refractivity contribution >= 4 is 90.9 Å². The summed E-state index contributed by atoms with van der Waals surface area (Å²) in [6.07, 6.45) is 0.